The number of Topliss-reactive ketones (excluding diaryl/α,β-unsaturated/α-hetero) is 1. The molecule has 0 N–H and O–H groups in total. The van der Waals surface area contributed by atoms with Crippen molar-refractivity contribution in [1.82, 2.24) is 19.5 Å². The van der Waals surface area contributed by atoms with Crippen molar-refractivity contribution < 1.29 is 14.3 Å². The summed E-state index contributed by atoms with van der Waals surface area (Å²) in [6.45, 7) is 5.09. The second-order valence-electron chi connectivity index (χ2n) is 11.4. The summed E-state index contributed by atoms with van der Waals surface area (Å²) >= 11 is 0. The molecule has 3 aromatic heterocycles. The van der Waals surface area contributed by atoms with Gasteiger partial charge in [0.25, 0.3) is 0 Å². The summed E-state index contributed by atoms with van der Waals surface area (Å²) in [5, 5.41) is 14.0. The Morgan fingerprint density at radius 3 is 2.51 bits per heavy atom. The van der Waals surface area contributed by atoms with E-state index < -0.39 is 0 Å². The van der Waals surface area contributed by atoms with Gasteiger partial charge in [0.15, 0.2) is 0 Å². The molecule has 0 unspecified atom stereocenters. The molecule has 4 heterocycles. The van der Waals surface area contributed by atoms with Crippen LogP contribution < -0.4 is 9.64 Å². The Balaban J connectivity index is 1.32. The zero-order valence-electron chi connectivity index (χ0n) is 23.4. The third-order valence-corrected chi connectivity index (χ3v) is 8.21. The van der Waals surface area contributed by atoms with Crippen LogP contribution in [-0.2, 0) is 9.53 Å². The molecule has 0 aromatic carbocycles. The lowest BCUT2D eigenvalue weighted by molar-refractivity contribution is -0.125. The average Bonchev–Trinajstić information content (AvgIpc) is 3.56. The van der Waals surface area contributed by atoms with Crippen molar-refractivity contribution in [3.05, 3.63) is 42.4 Å². The van der Waals surface area contributed by atoms with Crippen molar-refractivity contribution in [2.45, 2.75) is 51.0 Å². The zero-order valence-corrected chi connectivity index (χ0v) is 23.4. The van der Waals surface area contributed by atoms with Crippen LogP contribution in [0.3, 0.4) is 0 Å². The third kappa shape index (κ3) is 5.77. The van der Waals surface area contributed by atoms with Gasteiger partial charge in [-0.2, -0.15) is 10.4 Å². The van der Waals surface area contributed by atoms with E-state index in [4.69, 9.17) is 14.5 Å². The predicted molar refractivity (Wildman–Crippen MR) is 150 cm³/mol. The second kappa shape index (κ2) is 10.9. The molecule has 9 nitrogen and oxygen atoms in total. The smallest absolute Gasteiger partial charge is 0.138 e. The molecule has 2 aliphatic rings. The number of pyridine rings is 2. The topological polar surface area (TPSA) is 96.0 Å². The summed E-state index contributed by atoms with van der Waals surface area (Å²) in [6.07, 6.45) is 10.2. The highest BCUT2D eigenvalue weighted by atomic mass is 16.5. The molecule has 0 atom stereocenters. The standard InChI is InChI=1S/C30H38N6O3/c1-5-39-25-14-26(28-23(17-31)19-33-36(28)20-25)22-6-7-27(32-18-22)35-12-10-29(11-13-35,21-34(2)3)15-24(37)16-30(38-4)8-9-30/h6-7,14,18-20H,5,8-13,15-16,21H2,1-4H3. The molecule has 0 spiro atoms. The van der Waals surface area contributed by atoms with Gasteiger partial charge < -0.3 is 19.3 Å². The number of fused-ring (bicyclic) bond motifs is 1. The van der Waals surface area contributed by atoms with Gasteiger partial charge >= 0.3 is 0 Å². The van der Waals surface area contributed by atoms with Crippen molar-refractivity contribution in [2.24, 2.45) is 5.41 Å². The lowest BCUT2D eigenvalue weighted by atomic mass is 9.73. The second-order valence-corrected chi connectivity index (χ2v) is 11.4. The van der Waals surface area contributed by atoms with Crippen LogP contribution in [-0.4, -0.2) is 78.3 Å². The van der Waals surface area contributed by atoms with Gasteiger partial charge in [0, 0.05) is 56.9 Å². The number of ketones is 1. The number of carbonyl (C=O) groups excluding carboxylic acids is 1. The molecular weight excluding hydrogens is 492 g/mol. The molecule has 0 amide bonds. The largest absolute Gasteiger partial charge is 0.492 e. The Morgan fingerprint density at radius 1 is 1.15 bits per heavy atom. The molecule has 0 radical (unpaired) electrons. The summed E-state index contributed by atoms with van der Waals surface area (Å²) in [4.78, 5) is 22.4. The maximum Gasteiger partial charge on any atom is 0.138 e. The van der Waals surface area contributed by atoms with Gasteiger partial charge in [-0.3, -0.25) is 4.79 Å². The van der Waals surface area contributed by atoms with Crippen LogP contribution in [0.5, 0.6) is 5.75 Å². The molecule has 206 valence electrons. The highest BCUT2D eigenvalue weighted by molar-refractivity contribution is 5.85. The van der Waals surface area contributed by atoms with Crippen LogP contribution in [0.4, 0.5) is 5.82 Å². The quantitative estimate of drug-likeness (QED) is 0.361. The highest BCUT2D eigenvalue weighted by Gasteiger charge is 2.46. The van der Waals surface area contributed by atoms with Gasteiger partial charge in [-0.15, -0.1) is 0 Å². The number of anilines is 1. The lowest BCUT2D eigenvalue weighted by Gasteiger charge is -2.43. The summed E-state index contributed by atoms with van der Waals surface area (Å²) < 4.78 is 13.1. The highest BCUT2D eigenvalue weighted by Crippen LogP contribution is 2.44. The number of methoxy groups -OCH3 is 1. The number of piperidine rings is 1. The number of rotatable bonds is 11. The summed E-state index contributed by atoms with van der Waals surface area (Å²) in [5.74, 6) is 1.94. The molecule has 39 heavy (non-hydrogen) atoms. The SMILES string of the molecule is CCOc1cc(-c2ccc(N3CCC(CC(=O)CC4(OC)CC4)(CN(C)C)CC3)nc2)c2c(C#N)cnn2c1. The fourth-order valence-corrected chi connectivity index (χ4v) is 6.08. The van der Waals surface area contributed by atoms with Crippen molar-refractivity contribution in [3.8, 4) is 22.9 Å². The minimum atomic E-state index is -0.193. The van der Waals surface area contributed by atoms with E-state index in [9.17, 15) is 10.1 Å². The average molecular weight is 531 g/mol. The van der Waals surface area contributed by atoms with E-state index in [1.807, 2.05) is 31.3 Å². The number of nitrogens with zero attached hydrogens (tertiary/aromatic N) is 6. The Morgan fingerprint density at radius 2 is 1.92 bits per heavy atom. The maximum atomic E-state index is 13.1. The third-order valence-electron chi connectivity index (χ3n) is 8.21. The molecule has 1 aliphatic carbocycles. The van der Waals surface area contributed by atoms with Gasteiger partial charge in [-0.05, 0) is 70.3 Å². The fraction of sp³-hybridized carbons (Fsp3) is 0.533. The van der Waals surface area contributed by atoms with Crippen molar-refractivity contribution in [2.75, 3.05) is 52.3 Å². The van der Waals surface area contributed by atoms with E-state index in [-0.39, 0.29) is 11.0 Å². The minimum Gasteiger partial charge on any atom is -0.492 e. The maximum absolute atomic E-state index is 13.1. The van der Waals surface area contributed by atoms with Gasteiger partial charge in [0.1, 0.15) is 23.4 Å². The molecular formula is C30H38N6O3. The van der Waals surface area contributed by atoms with Gasteiger partial charge in [-0.25, -0.2) is 9.50 Å². The molecule has 2 fully saturated rings. The number of nitriles is 1. The zero-order chi connectivity index (χ0) is 27.6. The Hall–Kier alpha value is -3.48. The van der Waals surface area contributed by atoms with Crippen LogP contribution in [0.1, 0.15) is 51.0 Å². The van der Waals surface area contributed by atoms with Gasteiger partial charge in [-0.1, -0.05) is 0 Å². The molecule has 0 bridgehead atoms. The van der Waals surface area contributed by atoms with Crippen molar-refractivity contribution in [1.29, 1.82) is 5.26 Å². The Kier molecular flexibility index (Phi) is 7.61. The number of carbonyl (C=O) groups is 1. The van der Waals surface area contributed by atoms with E-state index in [1.54, 1.807) is 24.0 Å². The molecule has 3 aromatic rings. The molecule has 1 saturated heterocycles. The molecule has 1 aliphatic heterocycles. The summed E-state index contributed by atoms with van der Waals surface area (Å²) in [5.41, 5.74) is 2.80. The number of hydrogen-bond acceptors (Lipinski definition) is 8. The first-order chi connectivity index (χ1) is 18.8. The first-order valence-electron chi connectivity index (χ1n) is 13.8. The number of hydrogen-bond donors (Lipinski definition) is 0. The normalized spacial score (nSPS) is 17.8. The van der Waals surface area contributed by atoms with Crippen molar-refractivity contribution in [3.63, 3.8) is 0 Å². The number of aromatic nitrogens is 3. The molecule has 1 saturated carbocycles. The first kappa shape index (κ1) is 27.1. The van der Waals surface area contributed by atoms with E-state index in [0.717, 1.165) is 67.8 Å². The lowest BCUT2D eigenvalue weighted by Crippen LogP contribution is -2.46. The monoisotopic (exact) mass is 530 g/mol. The Bertz CT molecular complexity index is 1360. The minimum absolute atomic E-state index is 0.0259. The van der Waals surface area contributed by atoms with Crippen LogP contribution in [0, 0.1) is 16.7 Å². The molecule has 5 rings (SSSR count). The van der Waals surface area contributed by atoms with Crippen molar-refractivity contribution >= 4 is 17.1 Å². The fourth-order valence-electron chi connectivity index (χ4n) is 6.08. The van der Waals surface area contributed by atoms with Crippen LogP contribution >= 0.6 is 0 Å². The molecule has 9 heteroatoms. The van der Waals surface area contributed by atoms with Gasteiger partial charge in [0.2, 0.25) is 0 Å². The van der Waals surface area contributed by atoms with E-state index in [0.29, 0.717) is 36.5 Å². The van der Waals surface area contributed by atoms with Crippen LogP contribution in [0.2, 0.25) is 0 Å². The first-order valence-corrected chi connectivity index (χ1v) is 13.8. The number of ether oxygens (including phenoxy) is 2. The summed E-state index contributed by atoms with van der Waals surface area (Å²) in [6, 6.07) is 8.28. The summed E-state index contributed by atoms with van der Waals surface area (Å²) in [7, 11) is 5.90. The van der Waals surface area contributed by atoms with E-state index >= 15 is 0 Å². The van der Waals surface area contributed by atoms with E-state index in [2.05, 4.69) is 35.1 Å². The van der Waals surface area contributed by atoms with Crippen LogP contribution in [0.25, 0.3) is 16.6 Å². The predicted octanol–water partition coefficient (Wildman–Crippen LogP) is 4.34. The Labute approximate surface area is 230 Å². The van der Waals surface area contributed by atoms with Gasteiger partial charge in [0.05, 0.1) is 35.7 Å². The van der Waals surface area contributed by atoms with E-state index in [1.165, 1.54) is 0 Å². The van der Waals surface area contributed by atoms with Crippen LogP contribution in [0.15, 0.2) is 36.8 Å².